The summed E-state index contributed by atoms with van der Waals surface area (Å²) >= 11 is 0. The Morgan fingerprint density at radius 2 is 1.88 bits per heavy atom. The van der Waals surface area contributed by atoms with Crippen LogP contribution < -0.4 is 10.7 Å². The minimum absolute atomic E-state index is 0.170. The number of carbonyl (C=O) groups is 3. The average Bonchev–Trinajstić information content (AvgIpc) is 3.45. The third-order valence-electron chi connectivity index (χ3n) is 9.44. The quantitative estimate of drug-likeness (QED) is 0.202. The normalized spacial score (nSPS) is 20.3. The summed E-state index contributed by atoms with van der Waals surface area (Å²) < 4.78 is 17.2. The Kier molecular flexibility index (Phi) is 10.2. The van der Waals surface area contributed by atoms with Gasteiger partial charge in [-0.25, -0.2) is 10.2 Å². The van der Waals surface area contributed by atoms with Crippen LogP contribution in [-0.2, 0) is 36.6 Å². The van der Waals surface area contributed by atoms with E-state index in [0.717, 1.165) is 50.1 Å². The van der Waals surface area contributed by atoms with Crippen molar-refractivity contribution in [1.82, 2.24) is 25.7 Å². The largest absolute Gasteiger partial charge is 0.464 e. The van der Waals surface area contributed by atoms with Gasteiger partial charge in [0.25, 0.3) is 5.91 Å². The van der Waals surface area contributed by atoms with Crippen molar-refractivity contribution >= 4 is 28.9 Å². The van der Waals surface area contributed by atoms with Gasteiger partial charge in [0.05, 0.1) is 24.1 Å². The molecule has 11 nitrogen and oxygen atoms in total. The smallest absolute Gasteiger partial charge is 0.408 e. The zero-order valence-corrected chi connectivity index (χ0v) is 30.6. The van der Waals surface area contributed by atoms with Gasteiger partial charge in [0.2, 0.25) is 0 Å². The number of hydrogen-bond donors (Lipinski definition) is 3. The number of amides is 2. The highest BCUT2D eigenvalue weighted by molar-refractivity contribution is 5.94. The second kappa shape index (κ2) is 14.5. The highest BCUT2D eigenvalue weighted by Gasteiger charge is 2.35. The molecule has 2 aromatic carbocycles. The molecule has 1 fully saturated rings. The van der Waals surface area contributed by atoms with Gasteiger partial charge >= 0.3 is 12.1 Å². The molecule has 270 valence electrons. The van der Waals surface area contributed by atoms with Crippen LogP contribution in [0.2, 0.25) is 0 Å². The number of cyclic esters (lactones) is 1. The van der Waals surface area contributed by atoms with Crippen LogP contribution in [0.1, 0.15) is 77.3 Å². The molecular weight excluding hydrogens is 646 g/mol. The first-order chi connectivity index (χ1) is 24.2. The van der Waals surface area contributed by atoms with Crippen molar-refractivity contribution < 1.29 is 28.6 Å². The maximum absolute atomic E-state index is 14.0. The van der Waals surface area contributed by atoms with Gasteiger partial charge in [0.1, 0.15) is 17.7 Å². The fourth-order valence-electron chi connectivity index (χ4n) is 6.87. The van der Waals surface area contributed by atoms with Crippen molar-refractivity contribution in [3.63, 3.8) is 0 Å². The number of hydrazine groups is 1. The molecule has 4 aromatic rings. The fourth-order valence-corrected chi connectivity index (χ4v) is 6.87. The molecule has 2 aliphatic heterocycles. The van der Waals surface area contributed by atoms with E-state index in [-0.39, 0.29) is 25.0 Å². The van der Waals surface area contributed by atoms with Crippen LogP contribution >= 0.6 is 0 Å². The number of nitrogens with zero attached hydrogens (tertiary/aromatic N) is 2. The molecule has 4 heterocycles. The number of fused-ring (bicyclic) bond motifs is 6. The number of H-pyrrole nitrogens is 1. The summed E-state index contributed by atoms with van der Waals surface area (Å²) in [6, 6.07) is 16.7. The first kappa shape index (κ1) is 36.1. The first-order valence-electron chi connectivity index (χ1n) is 17.7. The summed E-state index contributed by atoms with van der Waals surface area (Å²) in [4.78, 5) is 48.9. The number of benzene rings is 2. The Morgan fingerprint density at radius 1 is 1.10 bits per heavy atom. The van der Waals surface area contributed by atoms with Crippen molar-refractivity contribution in [2.24, 2.45) is 5.41 Å². The van der Waals surface area contributed by atoms with Gasteiger partial charge < -0.3 is 24.5 Å². The number of aromatic amines is 1. The molecule has 0 spiro atoms. The number of rotatable bonds is 4. The fraction of sp³-hybridized carbons (Fsp3) is 0.450. The van der Waals surface area contributed by atoms with Crippen molar-refractivity contribution in [3.05, 3.63) is 77.6 Å². The molecule has 0 saturated carbocycles. The second-order valence-corrected chi connectivity index (χ2v) is 15.4. The van der Waals surface area contributed by atoms with Gasteiger partial charge in [0, 0.05) is 48.2 Å². The van der Waals surface area contributed by atoms with Crippen LogP contribution in [0.25, 0.3) is 33.3 Å². The Balaban J connectivity index is 1.47. The van der Waals surface area contributed by atoms with E-state index in [2.05, 4.69) is 59.9 Å². The van der Waals surface area contributed by atoms with E-state index in [9.17, 15) is 14.4 Å². The van der Waals surface area contributed by atoms with E-state index >= 15 is 0 Å². The van der Waals surface area contributed by atoms with Gasteiger partial charge in [-0.2, -0.15) is 0 Å². The van der Waals surface area contributed by atoms with E-state index in [1.807, 2.05) is 31.2 Å². The van der Waals surface area contributed by atoms with Crippen LogP contribution in [0.3, 0.4) is 0 Å². The summed E-state index contributed by atoms with van der Waals surface area (Å²) in [6.07, 6.45) is 2.81. The lowest BCUT2D eigenvalue weighted by atomic mass is 9.84. The Hall–Kier alpha value is -4.74. The van der Waals surface area contributed by atoms with Gasteiger partial charge in [-0.15, -0.1) is 0 Å². The third-order valence-corrected chi connectivity index (χ3v) is 9.44. The number of methoxy groups -OCH3 is 1. The van der Waals surface area contributed by atoms with Crippen molar-refractivity contribution in [2.45, 2.75) is 91.0 Å². The molecule has 0 unspecified atom stereocenters. The molecule has 2 amide bonds. The van der Waals surface area contributed by atoms with Gasteiger partial charge in [-0.3, -0.25) is 19.6 Å². The van der Waals surface area contributed by atoms with Crippen molar-refractivity contribution in [1.29, 1.82) is 0 Å². The molecule has 2 aliphatic rings. The van der Waals surface area contributed by atoms with Gasteiger partial charge in [-0.1, -0.05) is 44.2 Å². The number of aromatic nitrogens is 2. The number of pyridine rings is 1. The van der Waals surface area contributed by atoms with Crippen LogP contribution in [0, 0.1) is 5.41 Å². The zero-order chi connectivity index (χ0) is 36.5. The molecule has 6 bridgehead atoms. The molecule has 2 aromatic heterocycles. The lowest BCUT2D eigenvalue weighted by Gasteiger charge is -2.35. The Bertz CT molecular complexity index is 1930. The second-order valence-electron chi connectivity index (χ2n) is 15.4. The number of ether oxygens (including phenoxy) is 3. The van der Waals surface area contributed by atoms with Crippen LogP contribution in [-0.4, -0.2) is 70.9 Å². The molecule has 51 heavy (non-hydrogen) atoms. The van der Waals surface area contributed by atoms with E-state index in [0.29, 0.717) is 25.8 Å². The number of carbonyl (C=O) groups excluding carboxylic acids is 3. The van der Waals surface area contributed by atoms with Crippen LogP contribution in [0.15, 0.2) is 60.8 Å². The van der Waals surface area contributed by atoms with E-state index in [1.54, 1.807) is 34.1 Å². The molecule has 3 atom stereocenters. The predicted octanol–water partition coefficient (Wildman–Crippen LogP) is 6.66. The molecular formula is C40H49N5O6. The minimum Gasteiger partial charge on any atom is -0.464 e. The number of esters is 1. The summed E-state index contributed by atoms with van der Waals surface area (Å²) in [5.41, 5.74) is 9.55. The van der Waals surface area contributed by atoms with Gasteiger partial charge in [-0.05, 0) is 93.5 Å². The van der Waals surface area contributed by atoms with E-state index in [1.165, 1.54) is 5.01 Å². The zero-order valence-electron chi connectivity index (χ0n) is 30.6. The molecule has 1 saturated heterocycles. The predicted molar refractivity (Wildman–Crippen MR) is 196 cm³/mol. The summed E-state index contributed by atoms with van der Waals surface area (Å²) in [6.45, 7) is 12.0. The highest BCUT2D eigenvalue weighted by atomic mass is 16.6. The van der Waals surface area contributed by atoms with Crippen molar-refractivity contribution in [2.75, 3.05) is 20.3 Å². The molecule has 3 N–H and O–H groups in total. The molecule has 0 aliphatic carbocycles. The van der Waals surface area contributed by atoms with Crippen LogP contribution in [0.4, 0.5) is 4.79 Å². The molecule has 6 rings (SSSR count). The van der Waals surface area contributed by atoms with E-state index in [4.69, 9.17) is 19.2 Å². The summed E-state index contributed by atoms with van der Waals surface area (Å²) in [5.74, 6) is -0.773. The van der Waals surface area contributed by atoms with Gasteiger partial charge in [0.15, 0.2) is 0 Å². The Morgan fingerprint density at radius 3 is 2.65 bits per heavy atom. The summed E-state index contributed by atoms with van der Waals surface area (Å²) in [5, 5.41) is 5.30. The monoisotopic (exact) mass is 695 g/mol. The topological polar surface area (TPSA) is 135 Å². The lowest BCUT2D eigenvalue weighted by Crippen LogP contribution is -2.60. The standard InChI is InChI=1S/C40H49N5O6/c1-24(49-7)34-28(13-9-17-41-34)35-30-22-40(5,6)23-50-37(47)32-14-10-18-45(44-32)36(46)33(43-38(48)51-39(2,3)4)20-25-11-8-12-26(19-25)27-15-16-31(42-35)29(30)21-27/h8-9,11-13,15-17,19,21,24,32-33,42,44H,10,14,18,20,22-23H2,1-7H3,(H,43,48)/t24-,32-,33-/m0/s1. The maximum atomic E-state index is 14.0. The van der Waals surface area contributed by atoms with Crippen LogP contribution in [0.5, 0.6) is 0 Å². The first-order valence-corrected chi connectivity index (χ1v) is 17.7. The van der Waals surface area contributed by atoms with E-state index < -0.39 is 35.2 Å². The average molecular weight is 696 g/mol. The summed E-state index contributed by atoms with van der Waals surface area (Å²) in [7, 11) is 1.68. The lowest BCUT2D eigenvalue weighted by molar-refractivity contribution is -0.155. The number of hydrogen-bond acceptors (Lipinski definition) is 8. The number of alkyl carbamates (subject to hydrolysis) is 1. The third kappa shape index (κ3) is 8.26. The maximum Gasteiger partial charge on any atom is 0.408 e. The number of nitrogens with one attached hydrogen (secondary N) is 3. The SMILES string of the molecule is CO[C@@H](C)c1ncccc1-c1[nH]c2ccc3cc2c1CC(C)(C)COC(=O)[C@@H]1CCCN(N1)C(=O)[C@@H](NC(=O)OC(C)(C)C)Cc1cccc-3c1. The highest BCUT2D eigenvalue weighted by Crippen LogP contribution is 2.39. The molecule has 11 heteroatoms. The van der Waals surface area contributed by atoms with Crippen molar-refractivity contribution in [3.8, 4) is 22.4 Å². The molecule has 0 radical (unpaired) electrons. The minimum atomic E-state index is -0.945. The Labute approximate surface area is 299 Å².